The summed E-state index contributed by atoms with van der Waals surface area (Å²) < 4.78 is 21.8. The maximum absolute atomic E-state index is 13.4. The number of fused-ring (bicyclic) bond motifs is 1. The Morgan fingerprint density at radius 2 is 2.03 bits per heavy atom. The number of hydrogen-bond donors (Lipinski definition) is 1. The second-order valence-electron chi connectivity index (χ2n) is 7.13. The summed E-state index contributed by atoms with van der Waals surface area (Å²) in [5.41, 5.74) is 2.39. The van der Waals surface area contributed by atoms with E-state index >= 15 is 0 Å². The van der Waals surface area contributed by atoms with Crippen LogP contribution in [0.5, 0.6) is 0 Å². The number of nitrogens with zero attached hydrogens (tertiary/aromatic N) is 4. The van der Waals surface area contributed by atoms with Crippen LogP contribution in [0.15, 0.2) is 41.3 Å². The number of H-pyrrole nitrogens is 1. The Labute approximate surface area is 187 Å². The van der Waals surface area contributed by atoms with Gasteiger partial charge in [0.05, 0.1) is 6.54 Å². The van der Waals surface area contributed by atoms with Gasteiger partial charge < -0.3 is 9.72 Å². The van der Waals surface area contributed by atoms with Crippen LogP contribution >= 0.6 is 23.2 Å². The van der Waals surface area contributed by atoms with Gasteiger partial charge in [-0.25, -0.2) is 9.78 Å². The topological polar surface area (TPSA) is 77.7 Å². The van der Waals surface area contributed by atoms with Gasteiger partial charge in [-0.15, -0.1) is 0 Å². The van der Waals surface area contributed by atoms with E-state index in [1.165, 1.54) is 6.07 Å². The van der Waals surface area contributed by atoms with Crippen LogP contribution in [0.3, 0.4) is 0 Å². The third kappa shape index (κ3) is 4.81. The molecular weight excluding hydrogens is 444 g/mol. The van der Waals surface area contributed by atoms with Crippen LogP contribution in [0.1, 0.15) is 23.5 Å². The molecule has 0 bridgehead atoms. The largest absolute Gasteiger partial charge is 0.385 e. The molecule has 0 aliphatic heterocycles. The van der Waals surface area contributed by atoms with Crippen molar-refractivity contribution >= 4 is 34.4 Å². The average molecular weight is 464 g/mol. The van der Waals surface area contributed by atoms with Crippen molar-refractivity contribution in [3.63, 3.8) is 0 Å². The van der Waals surface area contributed by atoms with Crippen LogP contribution < -0.4 is 5.69 Å². The molecule has 1 aromatic carbocycles. The molecule has 7 nitrogen and oxygen atoms in total. The number of benzene rings is 1. The summed E-state index contributed by atoms with van der Waals surface area (Å²) in [7, 11) is 1.63. The molecule has 1 N–H and O–H groups in total. The second kappa shape index (κ2) is 9.21. The lowest BCUT2D eigenvalue weighted by Gasteiger charge is -2.08. The number of aromatic amines is 1. The smallest absolute Gasteiger partial charge is 0.328 e. The van der Waals surface area contributed by atoms with Crippen molar-refractivity contribution in [3.05, 3.63) is 80.1 Å². The summed E-state index contributed by atoms with van der Waals surface area (Å²) in [5, 5.41) is 1.10. The van der Waals surface area contributed by atoms with Gasteiger partial charge in [-0.3, -0.25) is 9.13 Å². The van der Waals surface area contributed by atoms with Crippen molar-refractivity contribution < 1.29 is 9.13 Å². The number of pyridine rings is 1. The van der Waals surface area contributed by atoms with Crippen molar-refractivity contribution in [1.29, 1.82) is 0 Å². The van der Waals surface area contributed by atoms with E-state index < -0.39 is 5.95 Å². The van der Waals surface area contributed by atoms with E-state index in [1.54, 1.807) is 40.6 Å². The van der Waals surface area contributed by atoms with Gasteiger partial charge in [-0.05, 0) is 36.2 Å². The Kier molecular flexibility index (Phi) is 6.41. The lowest BCUT2D eigenvalue weighted by atomic mass is 10.1. The first-order chi connectivity index (χ1) is 14.9. The average Bonchev–Trinajstić information content (AvgIpc) is 3.25. The quantitative estimate of drug-likeness (QED) is 0.316. The highest BCUT2D eigenvalue weighted by atomic mass is 35.5. The van der Waals surface area contributed by atoms with Gasteiger partial charge in [0.25, 0.3) is 0 Å². The predicted octanol–water partition coefficient (Wildman–Crippen LogP) is 4.04. The van der Waals surface area contributed by atoms with Gasteiger partial charge in [-0.1, -0.05) is 29.3 Å². The highest BCUT2D eigenvalue weighted by molar-refractivity contribution is 6.35. The maximum atomic E-state index is 13.4. The van der Waals surface area contributed by atoms with Gasteiger partial charge in [0.15, 0.2) is 5.65 Å². The first-order valence-electron chi connectivity index (χ1n) is 9.67. The van der Waals surface area contributed by atoms with Crippen LogP contribution in [0, 0.1) is 5.95 Å². The highest BCUT2D eigenvalue weighted by Crippen LogP contribution is 2.23. The molecule has 3 aromatic heterocycles. The minimum atomic E-state index is -0.591. The molecule has 162 valence electrons. The fourth-order valence-corrected chi connectivity index (χ4v) is 3.94. The zero-order valence-electron chi connectivity index (χ0n) is 16.7. The Balaban J connectivity index is 1.66. The Bertz CT molecular complexity index is 1280. The number of nitrogens with one attached hydrogen (secondary N) is 1. The summed E-state index contributed by atoms with van der Waals surface area (Å²) in [6, 6.07) is 8.10. The zero-order chi connectivity index (χ0) is 22.0. The van der Waals surface area contributed by atoms with Crippen LogP contribution in [0.4, 0.5) is 4.39 Å². The van der Waals surface area contributed by atoms with E-state index in [0.717, 1.165) is 11.3 Å². The van der Waals surface area contributed by atoms with Gasteiger partial charge in [0.1, 0.15) is 11.3 Å². The third-order valence-corrected chi connectivity index (χ3v) is 5.51. The SMILES string of the molecule is COCCCn1c(Cc2ccc(Cl)cc2Cl)cn(Cc2nc3ccc(F)nc3[nH]2)c1=O. The predicted molar refractivity (Wildman–Crippen MR) is 117 cm³/mol. The number of halogens is 3. The lowest BCUT2D eigenvalue weighted by molar-refractivity contribution is 0.189. The summed E-state index contributed by atoms with van der Waals surface area (Å²) in [6.45, 7) is 1.25. The molecule has 0 aliphatic carbocycles. The number of methoxy groups -OCH3 is 1. The van der Waals surface area contributed by atoms with Crippen molar-refractivity contribution in [2.45, 2.75) is 25.9 Å². The molecule has 0 amide bonds. The molecule has 10 heteroatoms. The number of rotatable bonds is 8. The van der Waals surface area contributed by atoms with Crippen molar-refractivity contribution in [3.8, 4) is 0 Å². The third-order valence-electron chi connectivity index (χ3n) is 4.92. The van der Waals surface area contributed by atoms with Gasteiger partial charge in [0, 0.05) is 48.6 Å². The summed E-state index contributed by atoms with van der Waals surface area (Å²) in [5.74, 6) is -0.0772. The molecule has 4 aromatic rings. The molecule has 4 rings (SSSR count). The first-order valence-corrected chi connectivity index (χ1v) is 10.4. The molecule has 0 saturated carbocycles. The van der Waals surface area contributed by atoms with Crippen LogP contribution in [-0.2, 0) is 24.2 Å². The molecule has 3 heterocycles. The van der Waals surface area contributed by atoms with Crippen LogP contribution in [0.25, 0.3) is 11.2 Å². The Hall–Kier alpha value is -2.68. The van der Waals surface area contributed by atoms with E-state index in [2.05, 4.69) is 15.0 Å². The number of ether oxygens (including phenoxy) is 1. The molecule has 0 saturated heterocycles. The molecule has 0 spiro atoms. The zero-order valence-corrected chi connectivity index (χ0v) is 18.3. The monoisotopic (exact) mass is 463 g/mol. The molecule has 0 aliphatic rings. The van der Waals surface area contributed by atoms with Gasteiger partial charge in [0.2, 0.25) is 5.95 Å². The summed E-state index contributed by atoms with van der Waals surface area (Å²) in [6.07, 6.45) is 2.95. The standard InChI is InChI=1S/C21H20Cl2FN5O2/c1-31-8-2-7-29-15(9-13-3-4-14(22)10-16(13)23)11-28(21(29)30)12-19-25-17-5-6-18(24)26-20(17)27-19/h3-6,10-11H,2,7-9,12H2,1H3,(H,25,26,27). The van der Waals surface area contributed by atoms with E-state index in [4.69, 9.17) is 27.9 Å². The second-order valence-corrected chi connectivity index (χ2v) is 7.97. The van der Waals surface area contributed by atoms with Crippen LogP contribution in [-0.4, -0.2) is 37.8 Å². The number of imidazole rings is 2. The van der Waals surface area contributed by atoms with Crippen LogP contribution in [0.2, 0.25) is 10.0 Å². The molecular formula is C21H20Cl2FN5O2. The van der Waals surface area contributed by atoms with E-state index in [9.17, 15) is 9.18 Å². The Morgan fingerprint density at radius 1 is 1.19 bits per heavy atom. The summed E-state index contributed by atoms with van der Waals surface area (Å²) in [4.78, 5) is 24.3. The fourth-order valence-electron chi connectivity index (χ4n) is 3.46. The van der Waals surface area contributed by atoms with E-state index in [1.807, 2.05) is 6.07 Å². The first kappa shape index (κ1) is 21.5. The number of hydrogen-bond acceptors (Lipinski definition) is 4. The van der Waals surface area contributed by atoms with Gasteiger partial charge >= 0.3 is 5.69 Å². The van der Waals surface area contributed by atoms with Gasteiger partial charge in [-0.2, -0.15) is 9.37 Å². The van der Waals surface area contributed by atoms with Crippen molar-refractivity contribution in [2.24, 2.45) is 0 Å². The maximum Gasteiger partial charge on any atom is 0.328 e. The van der Waals surface area contributed by atoms with Crippen molar-refractivity contribution in [2.75, 3.05) is 13.7 Å². The lowest BCUT2D eigenvalue weighted by Crippen LogP contribution is -2.26. The summed E-state index contributed by atoms with van der Waals surface area (Å²) >= 11 is 12.3. The number of aromatic nitrogens is 5. The minimum absolute atomic E-state index is 0.171. The normalized spacial score (nSPS) is 11.5. The molecule has 0 atom stereocenters. The fraction of sp³-hybridized carbons (Fsp3) is 0.286. The molecule has 31 heavy (non-hydrogen) atoms. The highest BCUT2D eigenvalue weighted by Gasteiger charge is 2.15. The van der Waals surface area contributed by atoms with E-state index in [-0.39, 0.29) is 12.2 Å². The van der Waals surface area contributed by atoms with Crippen molar-refractivity contribution in [1.82, 2.24) is 24.1 Å². The minimum Gasteiger partial charge on any atom is -0.385 e. The molecule has 0 radical (unpaired) electrons. The molecule has 0 unspecified atom stereocenters. The Morgan fingerprint density at radius 3 is 2.81 bits per heavy atom. The molecule has 0 fully saturated rings. The van der Waals surface area contributed by atoms with E-state index in [0.29, 0.717) is 53.0 Å².